The molecule has 0 saturated carbocycles. The summed E-state index contributed by atoms with van der Waals surface area (Å²) in [6.07, 6.45) is 0. The molecular weight excluding hydrogens is 290 g/mol. The first kappa shape index (κ1) is 15.2. The Hall–Kier alpha value is -2.20. The van der Waals surface area contributed by atoms with Crippen molar-refractivity contribution in [2.75, 3.05) is 12.4 Å². The zero-order chi connectivity index (χ0) is 15.4. The fraction of sp³-hybridized carbons (Fsp3) is 0.188. The van der Waals surface area contributed by atoms with Crippen LogP contribution in [-0.2, 0) is 4.74 Å². The quantitative estimate of drug-likeness (QED) is 0.838. The van der Waals surface area contributed by atoms with Gasteiger partial charge in [0.1, 0.15) is 5.75 Å². The van der Waals surface area contributed by atoms with Gasteiger partial charge < -0.3 is 15.2 Å². The van der Waals surface area contributed by atoms with Crippen LogP contribution in [0.3, 0.4) is 0 Å². The van der Waals surface area contributed by atoms with E-state index >= 15 is 0 Å². The number of hydrogen-bond acceptors (Lipinski definition) is 4. The van der Waals surface area contributed by atoms with E-state index in [1.165, 1.54) is 7.11 Å². The molecule has 21 heavy (non-hydrogen) atoms. The molecular formula is C16H16ClNO3. The Bertz CT molecular complexity index is 658. The number of carbonyl (C=O) groups excluding carboxylic acids is 1. The summed E-state index contributed by atoms with van der Waals surface area (Å²) in [6, 6.07) is 12.0. The number of benzene rings is 2. The Morgan fingerprint density at radius 3 is 2.67 bits per heavy atom. The van der Waals surface area contributed by atoms with Crippen molar-refractivity contribution in [3.8, 4) is 5.75 Å². The van der Waals surface area contributed by atoms with Gasteiger partial charge in [-0.2, -0.15) is 0 Å². The highest BCUT2D eigenvalue weighted by atomic mass is 35.5. The highest BCUT2D eigenvalue weighted by Crippen LogP contribution is 2.28. The Balaban J connectivity index is 2.24. The maximum Gasteiger partial charge on any atom is 0.339 e. The highest BCUT2D eigenvalue weighted by molar-refractivity contribution is 6.33. The third-order valence-corrected chi connectivity index (χ3v) is 3.49. The largest absolute Gasteiger partial charge is 0.508 e. The number of hydrogen-bond donors (Lipinski definition) is 2. The first-order valence-corrected chi connectivity index (χ1v) is 6.83. The normalized spacial score (nSPS) is 11.8. The summed E-state index contributed by atoms with van der Waals surface area (Å²) in [5.74, 6) is -0.265. The number of halogens is 1. The molecule has 0 amide bonds. The van der Waals surface area contributed by atoms with Crippen molar-refractivity contribution in [1.29, 1.82) is 0 Å². The van der Waals surface area contributed by atoms with Gasteiger partial charge >= 0.3 is 5.97 Å². The lowest BCUT2D eigenvalue weighted by Crippen LogP contribution is -2.08. The second kappa shape index (κ2) is 6.50. The first-order valence-electron chi connectivity index (χ1n) is 6.45. The van der Waals surface area contributed by atoms with Gasteiger partial charge in [0.15, 0.2) is 0 Å². The van der Waals surface area contributed by atoms with Crippen molar-refractivity contribution in [1.82, 2.24) is 0 Å². The van der Waals surface area contributed by atoms with Gasteiger partial charge in [-0.05, 0) is 31.2 Å². The minimum absolute atomic E-state index is 0.127. The van der Waals surface area contributed by atoms with E-state index in [2.05, 4.69) is 10.1 Å². The molecule has 2 aromatic rings. The molecule has 0 radical (unpaired) electrons. The average Bonchev–Trinajstić information content (AvgIpc) is 2.48. The smallest absolute Gasteiger partial charge is 0.339 e. The van der Waals surface area contributed by atoms with Gasteiger partial charge in [0.25, 0.3) is 0 Å². The molecule has 1 unspecified atom stereocenters. The van der Waals surface area contributed by atoms with Gasteiger partial charge in [-0.3, -0.25) is 0 Å². The molecule has 0 aliphatic carbocycles. The molecule has 4 nitrogen and oxygen atoms in total. The van der Waals surface area contributed by atoms with E-state index in [4.69, 9.17) is 11.6 Å². The van der Waals surface area contributed by atoms with Gasteiger partial charge in [0.2, 0.25) is 0 Å². The summed E-state index contributed by atoms with van der Waals surface area (Å²) >= 11 is 5.98. The van der Waals surface area contributed by atoms with Gasteiger partial charge in [0.05, 0.1) is 23.7 Å². The minimum Gasteiger partial charge on any atom is -0.508 e. The van der Waals surface area contributed by atoms with E-state index in [1.807, 2.05) is 19.1 Å². The van der Waals surface area contributed by atoms with Crippen molar-refractivity contribution >= 4 is 23.3 Å². The standard InChI is InChI=1S/C16H16ClNO3/c1-10(12-5-3-4-6-15(12)19)18-11-7-8-14(17)13(9-11)16(20)21-2/h3-10,18-19H,1-2H3. The molecule has 0 aromatic heterocycles. The molecule has 5 heteroatoms. The molecule has 0 bridgehead atoms. The number of phenolic OH excluding ortho intramolecular Hbond substituents is 1. The van der Waals surface area contributed by atoms with Crippen LogP contribution in [0.2, 0.25) is 5.02 Å². The van der Waals surface area contributed by atoms with E-state index < -0.39 is 5.97 Å². The second-order valence-corrected chi connectivity index (χ2v) is 5.02. The highest BCUT2D eigenvalue weighted by Gasteiger charge is 2.14. The number of esters is 1. The number of carbonyl (C=O) groups is 1. The summed E-state index contributed by atoms with van der Waals surface area (Å²) in [7, 11) is 1.31. The molecule has 0 spiro atoms. The molecule has 2 rings (SSSR count). The number of anilines is 1. The van der Waals surface area contributed by atoms with Crippen molar-refractivity contribution < 1.29 is 14.6 Å². The van der Waals surface area contributed by atoms with E-state index in [0.29, 0.717) is 10.6 Å². The van der Waals surface area contributed by atoms with Crippen LogP contribution in [0.5, 0.6) is 5.75 Å². The van der Waals surface area contributed by atoms with E-state index in [0.717, 1.165) is 11.3 Å². The third-order valence-electron chi connectivity index (χ3n) is 3.16. The van der Waals surface area contributed by atoms with Crippen LogP contribution >= 0.6 is 11.6 Å². The fourth-order valence-electron chi connectivity index (χ4n) is 2.06. The first-order chi connectivity index (χ1) is 10.0. The van der Waals surface area contributed by atoms with Gasteiger partial charge in [-0.25, -0.2) is 4.79 Å². The molecule has 0 aliphatic heterocycles. The lowest BCUT2D eigenvalue weighted by molar-refractivity contribution is 0.0601. The predicted molar refractivity (Wildman–Crippen MR) is 82.9 cm³/mol. The molecule has 110 valence electrons. The minimum atomic E-state index is -0.487. The zero-order valence-electron chi connectivity index (χ0n) is 11.8. The number of methoxy groups -OCH3 is 1. The number of aromatic hydroxyl groups is 1. The topological polar surface area (TPSA) is 58.6 Å². The van der Waals surface area contributed by atoms with Crippen LogP contribution in [0, 0.1) is 0 Å². The molecule has 0 saturated heterocycles. The number of para-hydroxylation sites is 1. The van der Waals surface area contributed by atoms with E-state index in [-0.39, 0.29) is 11.8 Å². The summed E-state index contributed by atoms with van der Waals surface area (Å²) in [4.78, 5) is 11.6. The van der Waals surface area contributed by atoms with E-state index in [1.54, 1.807) is 30.3 Å². The summed E-state index contributed by atoms with van der Waals surface area (Å²) in [5.41, 5.74) is 1.79. The number of ether oxygens (including phenoxy) is 1. The number of nitrogens with one attached hydrogen (secondary N) is 1. The van der Waals surface area contributed by atoms with Crippen LogP contribution in [0.25, 0.3) is 0 Å². The Labute approximate surface area is 128 Å². The van der Waals surface area contributed by atoms with Crippen LogP contribution in [0.1, 0.15) is 28.9 Å². The molecule has 0 aliphatic rings. The lowest BCUT2D eigenvalue weighted by atomic mass is 10.1. The van der Waals surface area contributed by atoms with Crippen LogP contribution < -0.4 is 5.32 Å². The predicted octanol–water partition coefficient (Wildman–Crippen LogP) is 4.01. The monoisotopic (exact) mass is 305 g/mol. The van der Waals surface area contributed by atoms with Crippen LogP contribution in [0.15, 0.2) is 42.5 Å². The van der Waals surface area contributed by atoms with Crippen LogP contribution in [-0.4, -0.2) is 18.2 Å². The third kappa shape index (κ3) is 3.47. The maximum atomic E-state index is 11.6. The van der Waals surface area contributed by atoms with Gasteiger partial charge in [-0.1, -0.05) is 29.8 Å². The zero-order valence-corrected chi connectivity index (χ0v) is 12.5. The Morgan fingerprint density at radius 2 is 2.00 bits per heavy atom. The van der Waals surface area contributed by atoms with Crippen molar-refractivity contribution in [2.24, 2.45) is 0 Å². The van der Waals surface area contributed by atoms with Crippen molar-refractivity contribution in [3.63, 3.8) is 0 Å². The summed E-state index contributed by atoms with van der Waals surface area (Å²) in [5, 5.41) is 13.4. The lowest BCUT2D eigenvalue weighted by Gasteiger charge is -2.17. The second-order valence-electron chi connectivity index (χ2n) is 4.61. The number of rotatable bonds is 4. The van der Waals surface area contributed by atoms with Gasteiger partial charge in [-0.15, -0.1) is 0 Å². The number of phenols is 1. The van der Waals surface area contributed by atoms with Crippen molar-refractivity contribution in [3.05, 3.63) is 58.6 Å². The Kier molecular flexibility index (Phi) is 4.70. The molecule has 1 atom stereocenters. The Morgan fingerprint density at radius 1 is 1.29 bits per heavy atom. The van der Waals surface area contributed by atoms with Crippen molar-refractivity contribution in [2.45, 2.75) is 13.0 Å². The van der Waals surface area contributed by atoms with Gasteiger partial charge in [0, 0.05) is 11.3 Å². The van der Waals surface area contributed by atoms with E-state index in [9.17, 15) is 9.90 Å². The fourth-order valence-corrected chi connectivity index (χ4v) is 2.26. The molecule has 2 aromatic carbocycles. The molecule has 2 N–H and O–H groups in total. The van der Waals surface area contributed by atoms with Crippen LogP contribution in [0.4, 0.5) is 5.69 Å². The maximum absolute atomic E-state index is 11.6. The molecule has 0 fully saturated rings. The molecule has 0 heterocycles. The summed E-state index contributed by atoms with van der Waals surface area (Å²) in [6.45, 7) is 1.92. The summed E-state index contributed by atoms with van der Waals surface area (Å²) < 4.78 is 4.69. The average molecular weight is 306 g/mol. The SMILES string of the molecule is COC(=O)c1cc(NC(C)c2ccccc2O)ccc1Cl.